The van der Waals surface area contributed by atoms with E-state index in [0.29, 0.717) is 25.7 Å². The van der Waals surface area contributed by atoms with Crippen LogP contribution in [0, 0.1) is 10.1 Å². The van der Waals surface area contributed by atoms with E-state index in [0.717, 1.165) is 34.6 Å². The van der Waals surface area contributed by atoms with E-state index in [4.69, 9.17) is 14.5 Å². The Morgan fingerprint density at radius 2 is 1.91 bits per heavy atom. The monoisotopic (exact) mass is 574 g/mol. The fraction of sp³-hybridized carbons (Fsp3) is 0.240. The van der Waals surface area contributed by atoms with Crippen molar-refractivity contribution in [1.82, 2.24) is 10.6 Å². The van der Waals surface area contributed by atoms with E-state index in [1.54, 1.807) is 19.2 Å². The number of non-ortho nitro benzene ring substituents is 1. The summed E-state index contributed by atoms with van der Waals surface area (Å²) in [6.07, 6.45) is 0.814. The highest BCUT2D eigenvalue weighted by atomic mass is 127. The molecule has 0 saturated carbocycles. The van der Waals surface area contributed by atoms with Gasteiger partial charge in [0, 0.05) is 30.7 Å². The molecule has 34 heavy (non-hydrogen) atoms. The van der Waals surface area contributed by atoms with Gasteiger partial charge in [0.1, 0.15) is 11.5 Å². The number of para-hydroxylation sites is 1. The number of nitro benzene ring substituents is 1. The molecule has 0 aromatic heterocycles. The number of aliphatic imine (C=N–C) groups is 1. The third-order valence-corrected chi connectivity index (χ3v) is 5.43. The van der Waals surface area contributed by atoms with Gasteiger partial charge in [0.25, 0.3) is 5.69 Å². The number of rotatable bonds is 7. The Hall–Kier alpha value is -3.34. The number of guanidine groups is 1. The zero-order valence-electron chi connectivity index (χ0n) is 18.8. The minimum atomic E-state index is -0.400. The molecule has 1 heterocycles. The van der Waals surface area contributed by atoms with Crippen LogP contribution in [0.5, 0.6) is 11.5 Å². The van der Waals surface area contributed by atoms with Crippen LogP contribution in [-0.2, 0) is 13.1 Å². The van der Waals surface area contributed by atoms with Crippen LogP contribution >= 0.6 is 24.0 Å². The van der Waals surface area contributed by atoms with Crippen molar-refractivity contribution in [2.45, 2.75) is 25.6 Å². The molecule has 0 fully saturated rings. The first-order valence-corrected chi connectivity index (χ1v) is 10.8. The van der Waals surface area contributed by atoms with Gasteiger partial charge in [-0.15, -0.1) is 24.0 Å². The van der Waals surface area contributed by atoms with Gasteiger partial charge in [-0.05, 0) is 29.3 Å². The normalized spacial score (nSPS) is 14.7. The maximum Gasteiger partial charge on any atom is 0.269 e. The number of nitro groups is 1. The van der Waals surface area contributed by atoms with Gasteiger partial charge >= 0.3 is 0 Å². The van der Waals surface area contributed by atoms with Crippen LogP contribution in [0.1, 0.15) is 29.2 Å². The van der Waals surface area contributed by atoms with Crippen molar-refractivity contribution in [2.75, 3.05) is 13.7 Å². The summed E-state index contributed by atoms with van der Waals surface area (Å²) < 4.78 is 11.1. The Balaban J connectivity index is 0.00000324. The summed E-state index contributed by atoms with van der Waals surface area (Å²) in [5.74, 6) is 2.32. The van der Waals surface area contributed by atoms with Crippen LogP contribution in [-0.4, -0.2) is 24.6 Å². The van der Waals surface area contributed by atoms with Crippen molar-refractivity contribution in [1.29, 1.82) is 0 Å². The van der Waals surface area contributed by atoms with Crippen LogP contribution in [0.25, 0.3) is 0 Å². The number of benzene rings is 3. The van der Waals surface area contributed by atoms with Gasteiger partial charge in [0.15, 0.2) is 5.96 Å². The molecule has 3 aromatic carbocycles. The summed E-state index contributed by atoms with van der Waals surface area (Å²) in [5, 5.41) is 17.8. The molecule has 0 spiro atoms. The number of nitrogens with one attached hydrogen (secondary N) is 2. The highest BCUT2D eigenvalue weighted by Crippen LogP contribution is 2.31. The number of hydrogen-bond donors (Lipinski definition) is 2. The standard InChI is InChI=1S/C25H26N4O4.HI/c1-32-21-6-4-5-19(15-21)17-27-25(26-16-18-9-11-20(12-10-18)29(30)31)28-23-13-14-33-24-8-3-2-7-22(23)24;/h2-12,15,23H,13-14,16-17H2,1H3,(H2,26,27,28);1H. The third-order valence-electron chi connectivity index (χ3n) is 5.43. The highest BCUT2D eigenvalue weighted by Gasteiger charge is 2.22. The molecule has 9 heteroatoms. The van der Waals surface area contributed by atoms with E-state index in [1.807, 2.05) is 42.5 Å². The largest absolute Gasteiger partial charge is 0.497 e. The van der Waals surface area contributed by atoms with Crippen LogP contribution in [0.3, 0.4) is 0 Å². The second kappa shape index (κ2) is 12.2. The fourth-order valence-electron chi connectivity index (χ4n) is 3.67. The van der Waals surface area contributed by atoms with E-state index >= 15 is 0 Å². The lowest BCUT2D eigenvalue weighted by atomic mass is 10.0. The van der Waals surface area contributed by atoms with Gasteiger partial charge in [0.2, 0.25) is 0 Å². The number of nitrogens with zero attached hydrogens (tertiary/aromatic N) is 2. The summed E-state index contributed by atoms with van der Waals surface area (Å²) in [5.41, 5.74) is 3.11. The summed E-state index contributed by atoms with van der Waals surface area (Å²) in [7, 11) is 1.64. The minimum absolute atomic E-state index is 0. The SMILES string of the molecule is COc1cccc(CN=C(NCc2ccc([N+](=O)[O-])cc2)NC2CCOc3ccccc32)c1.I. The van der Waals surface area contributed by atoms with E-state index in [-0.39, 0.29) is 35.7 Å². The lowest BCUT2D eigenvalue weighted by molar-refractivity contribution is -0.384. The maximum atomic E-state index is 10.9. The molecule has 8 nitrogen and oxygen atoms in total. The maximum absolute atomic E-state index is 10.9. The molecular weight excluding hydrogens is 547 g/mol. The smallest absolute Gasteiger partial charge is 0.269 e. The molecule has 178 valence electrons. The molecule has 3 aromatic rings. The Bertz CT molecular complexity index is 1140. The number of fused-ring (bicyclic) bond motifs is 1. The van der Waals surface area contributed by atoms with Crippen molar-refractivity contribution in [3.05, 3.63) is 99.6 Å². The van der Waals surface area contributed by atoms with Crippen molar-refractivity contribution >= 4 is 35.6 Å². The van der Waals surface area contributed by atoms with Crippen molar-refractivity contribution in [3.63, 3.8) is 0 Å². The number of ether oxygens (including phenoxy) is 2. The molecule has 0 bridgehead atoms. The predicted octanol–water partition coefficient (Wildman–Crippen LogP) is 4.98. The predicted molar refractivity (Wildman–Crippen MR) is 142 cm³/mol. The molecule has 0 aliphatic carbocycles. The molecule has 4 rings (SSSR count). The molecule has 2 N–H and O–H groups in total. The Morgan fingerprint density at radius 3 is 2.68 bits per heavy atom. The van der Waals surface area contributed by atoms with Crippen molar-refractivity contribution in [2.24, 2.45) is 4.99 Å². The molecule has 1 aliphatic rings. The first-order chi connectivity index (χ1) is 16.1. The van der Waals surface area contributed by atoms with Gasteiger partial charge in [-0.1, -0.05) is 42.5 Å². The summed E-state index contributed by atoms with van der Waals surface area (Å²) in [6, 6.07) is 22.4. The fourth-order valence-corrected chi connectivity index (χ4v) is 3.67. The lowest BCUT2D eigenvalue weighted by Gasteiger charge is -2.28. The summed E-state index contributed by atoms with van der Waals surface area (Å²) in [6.45, 7) is 1.57. The van der Waals surface area contributed by atoms with Gasteiger partial charge < -0.3 is 20.1 Å². The number of methoxy groups -OCH3 is 1. The van der Waals surface area contributed by atoms with Crippen molar-refractivity contribution in [3.8, 4) is 11.5 Å². The van der Waals surface area contributed by atoms with Crippen LogP contribution in [0.15, 0.2) is 77.8 Å². The quantitative estimate of drug-likeness (QED) is 0.136. The molecule has 0 saturated heterocycles. The van der Waals surface area contributed by atoms with Gasteiger partial charge in [0.05, 0.1) is 31.2 Å². The molecule has 1 aliphatic heterocycles. The molecule has 0 amide bonds. The van der Waals surface area contributed by atoms with Crippen LogP contribution in [0.2, 0.25) is 0 Å². The van der Waals surface area contributed by atoms with E-state index in [9.17, 15) is 10.1 Å². The lowest BCUT2D eigenvalue weighted by Crippen LogP contribution is -2.40. The van der Waals surface area contributed by atoms with E-state index in [2.05, 4.69) is 16.7 Å². The Morgan fingerprint density at radius 1 is 1.12 bits per heavy atom. The summed E-state index contributed by atoms with van der Waals surface area (Å²) >= 11 is 0. The average Bonchev–Trinajstić information content (AvgIpc) is 2.86. The third kappa shape index (κ3) is 6.60. The minimum Gasteiger partial charge on any atom is -0.497 e. The highest BCUT2D eigenvalue weighted by molar-refractivity contribution is 14.0. The van der Waals surface area contributed by atoms with Gasteiger partial charge in [-0.2, -0.15) is 0 Å². The number of halogens is 1. The zero-order valence-corrected chi connectivity index (χ0v) is 21.1. The topological polar surface area (TPSA) is 98.0 Å². The molecular formula is C25H27IN4O4. The van der Waals surface area contributed by atoms with Crippen molar-refractivity contribution < 1.29 is 14.4 Å². The van der Waals surface area contributed by atoms with Gasteiger partial charge in [-0.25, -0.2) is 4.99 Å². The van der Waals surface area contributed by atoms with Gasteiger partial charge in [-0.3, -0.25) is 10.1 Å². The molecule has 0 radical (unpaired) electrons. The molecule has 1 atom stereocenters. The second-order valence-corrected chi connectivity index (χ2v) is 7.67. The molecule has 1 unspecified atom stereocenters. The Kier molecular flexibility index (Phi) is 9.08. The zero-order chi connectivity index (χ0) is 23.0. The first-order valence-electron chi connectivity index (χ1n) is 10.8. The first kappa shape index (κ1) is 25.3. The second-order valence-electron chi connectivity index (χ2n) is 7.67. The van der Waals surface area contributed by atoms with Crippen LogP contribution < -0.4 is 20.1 Å². The van der Waals surface area contributed by atoms with E-state index < -0.39 is 4.92 Å². The average molecular weight is 574 g/mol. The summed E-state index contributed by atoms with van der Waals surface area (Å²) in [4.78, 5) is 15.3. The number of hydrogen-bond acceptors (Lipinski definition) is 5. The van der Waals surface area contributed by atoms with E-state index in [1.165, 1.54) is 12.1 Å². The Labute approximate surface area is 215 Å². The van der Waals surface area contributed by atoms with Crippen LogP contribution in [0.4, 0.5) is 5.69 Å².